The third kappa shape index (κ3) is 3.75. The highest BCUT2D eigenvalue weighted by Gasteiger charge is 2.22. The van der Waals surface area contributed by atoms with Crippen LogP contribution in [0.2, 0.25) is 0 Å². The van der Waals surface area contributed by atoms with Gasteiger partial charge in [-0.2, -0.15) is 0 Å². The summed E-state index contributed by atoms with van der Waals surface area (Å²) in [5.74, 6) is 1.37. The van der Waals surface area contributed by atoms with Crippen molar-refractivity contribution in [2.24, 2.45) is 0 Å². The predicted molar refractivity (Wildman–Crippen MR) is 75.1 cm³/mol. The molecule has 1 aliphatic rings. The number of hydrogen-bond donors (Lipinski definition) is 2. The molecule has 0 unspecified atom stereocenters. The number of nitrogens with one attached hydrogen (secondary N) is 1. The van der Waals surface area contributed by atoms with E-state index >= 15 is 0 Å². The molecule has 1 saturated carbocycles. The van der Waals surface area contributed by atoms with Gasteiger partial charge in [-0.15, -0.1) is 24.8 Å². The van der Waals surface area contributed by atoms with Crippen molar-refractivity contribution in [3.63, 3.8) is 0 Å². The number of nitrogen functional groups attached to an aromatic ring is 1. The fourth-order valence-corrected chi connectivity index (χ4v) is 1.47. The average molecular weight is 281 g/mol. The quantitative estimate of drug-likeness (QED) is 0.833. The van der Waals surface area contributed by atoms with Crippen molar-refractivity contribution in [2.75, 3.05) is 25.3 Å². The van der Waals surface area contributed by atoms with E-state index in [1.54, 1.807) is 20.3 Å². The Hall–Kier alpha value is -1.000. The summed E-state index contributed by atoms with van der Waals surface area (Å²) >= 11 is 0. The van der Waals surface area contributed by atoms with Gasteiger partial charge in [-0.25, -0.2) is 0 Å². The molecule has 0 heterocycles. The van der Waals surface area contributed by atoms with Crippen LogP contribution in [0.3, 0.4) is 0 Å². The molecule has 1 aromatic carbocycles. The molecular formula is C11H18Cl2N2O2. The van der Waals surface area contributed by atoms with Gasteiger partial charge >= 0.3 is 0 Å². The molecule has 6 heteroatoms. The van der Waals surface area contributed by atoms with Gasteiger partial charge in [-0.1, -0.05) is 0 Å². The molecule has 3 N–H and O–H groups in total. The molecular weight excluding hydrogens is 263 g/mol. The minimum atomic E-state index is 0. The molecule has 2 rings (SSSR count). The van der Waals surface area contributed by atoms with Crippen molar-refractivity contribution in [1.82, 2.24) is 0 Å². The van der Waals surface area contributed by atoms with Crippen molar-refractivity contribution < 1.29 is 9.47 Å². The Morgan fingerprint density at radius 1 is 1.12 bits per heavy atom. The topological polar surface area (TPSA) is 56.5 Å². The van der Waals surface area contributed by atoms with E-state index < -0.39 is 0 Å². The van der Waals surface area contributed by atoms with Crippen LogP contribution in [0.1, 0.15) is 12.8 Å². The van der Waals surface area contributed by atoms with Crippen molar-refractivity contribution in [3.8, 4) is 11.5 Å². The largest absolute Gasteiger partial charge is 0.493 e. The zero-order valence-electron chi connectivity index (χ0n) is 9.86. The molecule has 4 nitrogen and oxygen atoms in total. The van der Waals surface area contributed by atoms with Gasteiger partial charge in [0.05, 0.1) is 25.6 Å². The van der Waals surface area contributed by atoms with Crippen LogP contribution in [0.4, 0.5) is 11.4 Å². The molecule has 1 fully saturated rings. The Labute approximate surface area is 114 Å². The van der Waals surface area contributed by atoms with Gasteiger partial charge in [0.1, 0.15) is 0 Å². The van der Waals surface area contributed by atoms with Crippen LogP contribution >= 0.6 is 24.8 Å². The predicted octanol–water partition coefficient (Wildman–Crippen LogP) is 2.70. The summed E-state index contributed by atoms with van der Waals surface area (Å²) in [6.45, 7) is 0. The third-order valence-corrected chi connectivity index (χ3v) is 2.49. The van der Waals surface area contributed by atoms with Crippen LogP contribution in [0.25, 0.3) is 0 Å². The van der Waals surface area contributed by atoms with Crippen LogP contribution in [0.5, 0.6) is 11.5 Å². The SMILES string of the molecule is COc1cc(N)c(NC2CC2)cc1OC.Cl.Cl. The Balaban J connectivity index is 0.00000128. The second-order valence-corrected chi connectivity index (χ2v) is 3.71. The highest BCUT2D eigenvalue weighted by Crippen LogP contribution is 2.37. The molecule has 17 heavy (non-hydrogen) atoms. The number of methoxy groups -OCH3 is 2. The van der Waals surface area contributed by atoms with Gasteiger partial charge in [0.15, 0.2) is 11.5 Å². The lowest BCUT2D eigenvalue weighted by molar-refractivity contribution is 0.355. The molecule has 1 aliphatic carbocycles. The highest BCUT2D eigenvalue weighted by atomic mass is 35.5. The minimum Gasteiger partial charge on any atom is -0.493 e. The van der Waals surface area contributed by atoms with E-state index in [4.69, 9.17) is 15.2 Å². The van der Waals surface area contributed by atoms with Crippen LogP contribution in [-0.4, -0.2) is 20.3 Å². The standard InChI is InChI=1S/C11H16N2O2.2ClH/c1-14-10-5-8(12)9(6-11(10)15-2)13-7-3-4-7;;/h5-7,13H,3-4,12H2,1-2H3;2*1H. The zero-order valence-corrected chi connectivity index (χ0v) is 11.5. The lowest BCUT2D eigenvalue weighted by Gasteiger charge is -2.13. The Morgan fingerprint density at radius 2 is 1.65 bits per heavy atom. The summed E-state index contributed by atoms with van der Waals surface area (Å²) in [5.41, 5.74) is 7.52. The molecule has 0 saturated heterocycles. The van der Waals surface area contributed by atoms with E-state index in [1.165, 1.54) is 12.8 Å². The van der Waals surface area contributed by atoms with Crippen molar-refractivity contribution in [1.29, 1.82) is 0 Å². The number of anilines is 2. The Kier molecular flexibility index (Phi) is 6.27. The maximum atomic E-state index is 5.90. The first-order valence-corrected chi connectivity index (χ1v) is 5.02. The molecule has 0 amide bonds. The summed E-state index contributed by atoms with van der Waals surface area (Å²) in [5, 5.41) is 3.35. The molecule has 0 radical (unpaired) electrons. The maximum Gasteiger partial charge on any atom is 0.162 e. The molecule has 0 bridgehead atoms. The second kappa shape index (κ2) is 6.67. The van der Waals surface area contributed by atoms with Gasteiger partial charge in [0.2, 0.25) is 0 Å². The number of rotatable bonds is 4. The molecule has 0 aromatic heterocycles. The smallest absolute Gasteiger partial charge is 0.162 e. The number of ether oxygens (including phenoxy) is 2. The second-order valence-electron chi connectivity index (χ2n) is 3.71. The van der Waals surface area contributed by atoms with Crippen molar-refractivity contribution >= 4 is 36.2 Å². The van der Waals surface area contributed by atoms with Crippen LogP contribution < -0.4 is 20.5 Å². The number of benzene rings is 1. The number of nitrogens with two attached hydrogens (primary N) is 1. The molecule has 98 valence electrons. The van der Waals surface area contributed by atoms with E-state index in [0.717, 1.165) is 5.69 Å². The molecule has 0 aliphatic heterocycles. The fraction of sp³-hybridized carbons (Fsp3) is 0.455. The Bertz CT molecular complexity index is 371. The van der Waals surface area contributed by atoms with E-state index in [-0.39, 0.29) is 24.8 Å². The van der Waals surface area contributed by atoms with Crippen LogP contribution in [-0.2, 0) is 0 Å². The van der Waals surface area contributed by atoms with Crippen LogP contribution in [0, 0.1) is 0 Å². The summed E-state index contributed by atoms with van der Waals surface area (Å²) in [6.07, 6.45) is 2.43. The van der Waals surface area contributed by atoms with Gasteiger partial charge in [-0.05, 0) is 12.8 Å². The first-order valence-electron chi connectivity index (χ1n) is 5.02. The Morgan fingerprint density at radius 3 is 2.12 bits per heavy atom. The number of halogens is 2. The van der Waals surface area contributed by atoms with Gasteiger partial charge < -0.3 is 20.5 Å². The fourth-order valence-electron chi connectivity index (χ4n) is 1.47. The lowest BCUT2D eigenvalue weighted by Crippen LogP contribution is -2.05. The summed E-state index contributed by atoms with van der Waals surface area (Å²) in [6, 6.07) is 4.24. The van der Waals surface area contributed by atoms with E-state index in [2.05, 4.69) is 5.32 Å². The zero-order chi connectivity index (χ0) is 10.8. The van der Waals surface area contributed by atoms with Gasteiger partial charge in [-0.3, -0.25) is 0 Å². The summed E-state index contributed by atoms with van der Waals surface area (Å²) in [7, 11) is 3.22. The van der Waals surface area contributed by atoms with E-state index in [0.29, 0.717) is 23.2 Å². The van der Waals surface area contributed by atoms with Gasteiger partial charge in [0, 0.05) is 18.2 Å². The summed E-state index contributed by atoms with van der Waals surface area (Å²) < 4.78 is 10.4. The molecule has 0 atom stereocenters. The lowest BCUT2D eigenvalue weighted by atomic mass is 10.2. The monoisotopic (exact) mass is 280 g/mol. The first-order chi connectivity index (χ1) is 7.24. The number of hydrogen-bond acceptors (Lipinski definition) is 4. The van der Waals surface area contributed by atoms with Gasteiger partial charge in [0.25, 0.3) is 0 Å². The highest BCUT2D eigenvalue weighted by molar-refractivity contribution is 5.85. The third-order valence-electron chi connectivity index (χ3n) is 2.49. The average Bonchev–Trinajstić information content (AvgIpc) is 3.04. The van der Waals surface area contributed by atoms with Crippen molar-refractivity contribution in [3.05, 3.63) is 12.1 Å². The van der Waals surface area contributed by atoms with Crippen LogP contribution in [0.15, 0.2) is 12.1 Å². The normalized spacial score (nSPS) is 13.1. The first kappa shape index (κ1) is 16.0. The maximum absolute atomic E-state index is 5.90. The van der Waals surface area contributed by atoms with E-state index in [1.807, 2.05) is 6.07 Å². The molecule has 1 aromatic rings. The van der Waals surface area contributed by atoms with Crippen molar-refractivity contribution in [2.45, 2.75) is 18.9 Å². The molecule has 0 spiro atoms. The minimum absolute atomic E-state index is 0. The van der Waals surface area contributed by atoms with E-state index in [9.17, 15) is 0 Å². The summed E-state index contributed by atoms with van der Waals surface area (Å²) in [4.78, 5) is 0.